The normalized spacial score (nSPS) is 17.6. The maximum atomic E-state index is 5.90. The second kappa shape index (κ2) is 9.08. The molecule has 0 amide bonds. The van der Waals surface area contributed by atoms with Gasteiger partial charge in [0.25, 0.3) is 0 Å². The van der Waals surface area contributed by atoms with E-state index in [9.17, 15) is 0 Å². The molecule has 0 unspecified atom stereocenters. The Bertz CT molecular complexity index is 1320. The van der Waals surface area contributed by atoms with E-state index in [0.717, 1.165) is 39.2 Å². The lowest BCUT2D eigenvalue weighted by Gasteiger charge is -2.29. The Morgan fingerprint density at radius 3 is 2.56 bits per heavy atom. The average molecular weight is 492 g/mol. The van der Waals surface area contributed by atoms with E-state index in [1.54, 1.807) is 25.6 Å². The van der Waals surface area contributed by atoms with Crippen molar-refractivity contribution in [2.24, 2.45) is 0 Å². The first kappa shape index (κ1) is 22.4. The van der Waals surface area contributed by atoms with Crippen LogP contribution in [0.15, 0.2) is 60.2 Å². The monoisotopic (exact) mass is 491 g/mol. The standard InChI is InChI=1S/C25H25N5O2S2/c1-15-13-18(16(2)29(15)25-27-11-12-34-25)23-22(19-7-5-6-10-26-19)28-24(33)30(23)20-14-17(31-3)8-9-21(20)32-4/h5-14,22-23H,1-4H3,(H,28,33)/t22-,23+/m1/s1. The summed E-state index contributed by atoms with van der Waals surface area (Å²) < 4.78 is 13.5. The van der Waals surface area contributed by atoms with Gasteiger partial charge in [-0.2, -0.15) is 0 Å². The van der Waals surface area contributed by atoms with Crippen LogP contribution >= 0.6 is 23.6 Å². The predicted molar refractivity (Wildman–Crippen MR) is 138 cm³/mol. The molecule has 2 atom stereocenters. The van der Waals surface area contributed by atoms with E-state index in [1.165, 1.54) is 0 Å². The SMILES string of the molecule is COc1ccc(OC)c(N2C(=S)N[C@H](c3ccccn3)[C@@H]2c2cc(C)n(-c3nccs3)c2C)c1. The number of anilines is 1. The number of thiocarbonyl (C=S) groups is 1. The molecule has 174 valence electrons. The van der Waals surface area contributed by atoms with Crippen molar-refractivity contribution in [3.05, 3.63) is 82.9 Å². The number of ether oxygens (including phenoxy) is 2. The summed E-state index contributed by atoms with van der Waals surface area (Å²) in [5.74, 6) is 1.44. The smallest absolute Gasteiger partial charge is 0.193 e. The molecule has 0 bridgehead atoms. The maximum absolute atomic E-state index is 5.90. The Kier molecular flexibility index (Phi) is 5.97. The van der Waals surface area contributed by atoms with E-state index in [0.29, 0.717) is 10.9 Å². The number of hydrogen-bond acceptors (Lipinski definition) is 6. The number of rotatable bonds is 6. The van der Waals surface area contributed by atoms with Crippen LogP contribution in [0.4, 0.5) is 5.69 Å². The first-order valence-electron chi connectivity index (χ1n) is 10.8. The van der Waals surface area contributed by atoms with Crippen LogP contribution in [0.2, 0.25) is 0 Å². The van der Waals surface area contributed by atoms with E-state index < -0.39 is 0 Å². The summed E-state index contributed by atoms with van der Waals surface area (Å²) >= 11 is 7.51. The molecule has 3 aromatic heterocycles. The zero-order valence-electron chi connectivity index (χ0n) is 19.4. The van der Waals surface area contributed by atoms with Gasteiger partial charge in [0, 0.05) is 35.2 Å². The number of methoxy groups -OCH3 is 2. The Balaban J connectivity index is 1.72. The minimum absolute atomic E-state index is 0.158. The van der Waals surface area contributed by atoms with Crippen molar-refractivity contribution in [1.29, 1.82) is 0 Å². The van der Waals surface area contributed by atoms with Crippen molar-refractivity contribution in [3.8, 4) is 16.6 Å². The molecule has 9 heteroatoms. The van der Waals surface area contributed by atoms with E-state index in [4.69, 9.17) is 21.7 Å². The molecule has 1 saturated heterocycles. The number of nitrogens with zero attached hydrogens (tertiary/aromatic N) is 4. The lowest BCUT2D eigenvalue weighted by molar-refractivity contribution is 0.403. The number of aryl methyl sites for hydroxylation is 1. The fourth-order valence-corrected chi connectivity index (χ4v) is 5.71. The summed E-state index contributed by atoms with van der Waals surface area (Å²) in [7, 11) is 3.32. The zero-order valence-corrected chi connectivity index (χ0v) is 21.0. The Morgan fingerprint density at radius 1 is 1.03 bits per heavy atom. The third-order valence-electron chi connectivity index (χ3n) is 6.14. The summed E-state index contributed by atoms with van der Waals surface area (Å²) in [5.41, 5.74) is 5.11. The fraction of sp³-hybridized carbons (Fsp3) is 0.240. The van der Waals surface area contributed by atoms with Gasteiger partial charge >= 0.3 is 0 Å². The fourth-order valence-electron chi connectivity index (χ4n) is 4.62. The quantitative estimate of drug-likeness (QED) is 0.375. The molecule has 1 N–H and O–H groups in total. The second-order valence-electron chi connectivity index (χ2n) is 8.01. The van der Waals surface area contributed by atoms with Crippen molar-refractivity contribution in [2.45, 2.75) is 25.9 Å². The van der Waals surface area contributed by atoms with Crippen LogP contribution in [0.1, 0.15) is 34.7 Å². The molecule has 0 spiro atoms. The van der Waals surface area contributed by atoms with Crippen molar-refractivity contribution in [1.82, 2.24) is 19.9 Å². The molecule has 5 rings (SSSR count). The highest BCUT2D eigenvalue weighted by molar-refractivity contribution is 7.80. The van der Waals surface area contributed by atoms with Crippen LogP contribution in [-0.4, -0.2) is 33.9 Å². The van der Waals surface area contributed by atoms with Gasteiger partial charge in [-0.05, 0) is 62.0 Å². The molecule has 1 aliphatic heterocycles. The van der Waals surface area contributed by atoms with Crippen LogP contribution in [0, 0.1) is 13.8 Å². The molecule has 0 aliphatic carbocycles. The number of pyridine rings is 1. The highest BCUT2D eigenvalue weighted by Gasteiger charge is 2.43. The van der Waals surface area contributed by atoms with Crippen molar-refractivity contribution in [3.63, 3.8) is 0 Å². The molecular formula is C25H25N5O2S2. The van der Waals surface area contributed by atoms with Crippen LogP contribution in [0.3, 0.4) is 0 Å². The van der Waals surface area contributed by atoms with Gasteiger partial charge in [-0.1, -0.05) is 6.07 Å². The van der Waals surface area contributed by atoms with E-state index in [1.807, 2.05) is 54.2 Å². The van der Waals surface area contributed by atoms with Crippen LogP contribution in [0.5, 0.6) is 11.5 Å². The van der Waals surface area contributed by atoms with Gasteiger partial charge in [-0.25, -0.2) is 4.98 Å². The van der Waals surface area contributed by atoms with E-state index in [-0.39, 0.29) is 12.1 Å². The van der Waals surface area contributed by atoms with Gasteiger partial charge in [-0.15, -0.1) is 11.3 Å². The highest BCUT2D eigenvalue weighted by Crippen LogP contribution is 2.47. The summed E-state index contributed by atoms with van der Waals surface area (Å²) in [4.78, 5) is 11.3. The van der Waals surface area contributed by atoms with Gasteiger partial charge < -0.3 is 19.7 Å². The van der Waals surface area contributed by atoms with Crippen molar-refractivity contribution >= 4 is 34.4 Å². The van der Waals surface area contributed by atoms with Crippen LogP contribution in [-0.2, 0) is 0 Å². The summed E-state index contributed by atoms with van der Waals surface area (Å²) in [6.45, 7) is 4.23. The number of aromatic nitrogens is 3. The highest BCUT2D eigenvalue weighted by atomic mass is 32.1. The molecule has 1 aliphatic rings. The van der Waals surface area contributed by atoms with Gasteiger partial charge in [0.15, 0.2) is 10.2 Å². The first-order valence-corrected chi connectivity index (χ1v) is 12.1. The summed E-state index contributed by atoms with van der Waals surface area (Å²) in [6, 6.07) is 13.6. The van der Waals surface area contributed by atoms with Gasteiger partial charge in [0.1, 0.15) is 11.5 Å². The average Bonchev–Trinajstić information content (AvgIpc) is 3.57. The maximum Gasteiger partial charge on any atom is 0.193 e. The van der Waals surface area contributed by atoms with Crippen LogP contribution < -0.4 is 19.7 Å². The number of benzene rings is 1. The summed E-state index contributed by atoms with van der Waals surface area (Å²) in [5, 5.41) is 7.06. The van der Waals surface area contributed by atoms with Gasteiger partial charge in [0.2, 0.25) is 0 Å². The van der Waals surface area contributed by atoms with Crippen LogP contribution in [0.25, 0.3) is 5.13 Å². The molecule has 0 saturated carbocycles. The molecular weight excluding hydrogens is 466 g/mol. The van der Waals surface area contributed by atoms with Crippen molar-refractivity contribution in [2.75, 3.05) is 19.1 Å². The third kappa shape index (κ3) is 3.70. The molecule has 1 aromatic carbocycles. The minimum Gasteiger partial charge on any atom is -0.497 e. The largest absolute Gasteiger partial charge is 0.497 e. The number of thiazole rings is 1. The topological polar surface area (TPSA) is 64.4 Å². The predicted octanol–water partition coefficient (Wildman–Crippen LogP) is 5.14. The van der Waals surface area contributed by atoms with Gasteiger partial charge in [-0.3, -0.25) is 9.55 Å². The number of hydrogen-bond donors (Lipinski definition) is 1. The molecule has 0 radical (unpaired) electrons. The zero-order chi connectivity index (χ0) is 23.8. The lowest BCUT2D eigenvalue weighted by atomic mass is 9.96. The van der Waals surface area contributed by atoms with Gasteiger partial charge in [0.05, 0.1) is 37.7 Å². The molecule has 1 fully saturated rings. The Morgan fingerprint density at radius 2 is 1.88 bits per heavy atom. The summed E-state index contributed by atoms with van der Waals surface area (Å²) in [6.07, 6.45) is 3.64. The minimum atomic E-state index is -0.164. The van der Waals surface area contributed by atoms with Crippen molar-refractivity contribution < 1.29 is 9.47 Å². The molecule has 4 aromatic rings. The molecule has 4 heterocycles. The first-order chi connectivity index (χ1) is 16.5. The molecule has 34 heavy (non-hydrogen) atoms. The van der Waals surface area contributed by atoms with E-state index >= 15 is 0 Å². The second-order valence-corrected chi connectivity index (χ2v) is 9.27. The van der Waals surface area contributed by atoms with E-state index in [2.05, 4.69) is 44.7 Å². The Labute approximate surface area is 208 Å². The number of nitrogens with one attached hydrogen (secondary N) is 1. The Hall–Kier alpha value is -3.43. The molecule has 7 nitrogen and oxygen atoms in total. The lowest BCUT2D eigenvalue weighted by Crippen LogP contribution is -2.30. The third-order valence-corrected chi connectivity index (χ3v) is 7.21.